The summed E-state index contributed by atoms with van der Waals surface area (Å²) in [5.74, 6) is -0.116. The third-order valence-corrected chi connectivity index (χ3v) is 7.26. The molecule has 0 spiro atoms. The van der Waals surface area contributed by atoms with Crippen LogP contribution in [0, 0.1) is 0 Å². The molecule has 44 heavy (non-hydrogen) atoms. The lowest BCUT2D eigenvalue weighted by atomic mass is 10.1. The summed E-state index contributed by atoms with van der Waals surface area (Å²) >= 11 is 0. The summed E-state index contributed by atoms with van der Waals surface area (Å²) in [6.07, 6.45) is 7.40. The minimum atomic E-state index is -0.510. The Bertz CT molecular complexity index is 1640. The lowest BCUT2D eigenvalue weighted by Crippen LogP contribution is -2.16. The third-order valence-electron chi connectivity index (χ3n) is 7.26. The summed E-state index contributed by atoms with van der Waals surface area (Å²) in [4.78, 5) is 38.2. The second kappa shape index (κ2) is 14.5. The van der Waals surface area contributed by atoms with Crippen molar-refractivity contribution in [3.63, 3.8) is 0 Å². The fourth-order valence-corrected chi connectivity index (χ4v) is 5.02. The number of rotatable bonds is 9. The average Bonchev–Trinajstić information content (AvgIpc) is 3.63. The predicted octanol–water partition coefficient (Wildman–Crippen LogP) is 5.47. The Morgan fingerprint density at radius 1 is 1.11 bits per heavy atom. The highest BCUT2D eigenvalue weighted by Gasteiger charge is 2.22. The molecule has 2 N–H and O–H groups in total. The van der Waals surface area contributed by atoms with E-state index in [2.05, 4.69) is 34.1 Å². The number of aryl methyl sites for hydroxylation is 1. The molecule has 2 aromatic carbocycles. The van der Waals surface area contributed by atoms with E-state index in [0.29, 0.717) is 22.8 Å². The number of esters is 1. The van der Waals surface area contributed by atoms with Crippen LogP contribution in [-0.2, 0) is 16.6 Å². The molecule has 0 atom stereocenters. The number of benzene rings is 2. The highest BCUT2D eigenvalue weighted by molar-refractivity contribution is 6.03. The van der Waals surface area contributed by atoms with Gasteiger partial charge in [-0.05, 0) is 58.1 Å². The first kappa shape index (κ1) is 32.0. The first-order chi connectivity index (χ1) is 21.2. The average molecular weight is 600 g/mol. The number of anilines is 4. The van der Waals surface area contributed by atoms with Crippen LogP contribution in [-0.4, -0.2) is 79.3 Å². The number of nitrogens with zero attached hydrogens (tertiary/aromatic N) is 5. The highest BCUT2D eigenvalue weighted by atomic mass is 16.5. The van der Waals surface area contributed by atoms with Gasteiger partial charge in [-0.15, -0.1) is 0 Å². The van der Waals surface area contributed by atoms with Crippen molar-refractivity contribution in [2.45, 2.75) is 19.8 Å². The molecule has 1 amide bonds. The Labute approximate surface area is 258 Å². The van der Waals surface area contributed by atoms with Gasteiger partial charge in [0, 0.05) is 56.1 Å². The zero-order valence-corrected chi connectivity index (χ0v) is 26.3. The van der Waals surface area contributed by atoms with Crippen LogP contribution < -0.4 is 20.3 Å². The van der Waals surface area contributed by atoms with Crippen LogP contribution >= 0.6 is 0 Å². The molecule has 1 fully saturated rings. The number of nitrogens with one attached hydrogen (secondary N) is 2. The Kier molecular flexibility index (Phi) is 10.6. The number of amides is 1. The van der Waals surface area contributed by atoms with Crippen LogP contribution in [0.4, 0.5) is 23.0 Å². The number of fused-ring (bicyclic) bond motifs is 1. The van der Waals surface area contributed by atoms with Crippen LogP contribution in [0.1, 0.15) is 30.1 Å². The maximum atomic E-state index is 12.8. The van der Waals surface area contributed by atoms with Gasteiger partial charge >= 0.3 is 5.97 Å². The Morgan fingerprint density at radius 3 is 2.45 bits per heavy atom. The molecule has 0 radical (unpaired) electrons. The molecule has 0 unspecified atom stereocenters. The fourth-order valence-electron chi connectivity index (χ4n) is 5.02. The van der Waals surface area contributed by atoms with Gasteiger partial charge in [0.15, 0.2) is 0 Å². The van der Waals surface area contributed by atoms with Gasteiger partial charge < -0.3 is 34.5 Å². The molecular weight excluding hydrogens is 558 g/mol. The molecule has 0 aliphatic carbocycles. The maximum absolute atomic E-state index is 12.8. The normalized spacial score (nSPS) is 12.7. The molecule has 1 saturated heterocycles. The third kappa shape index (κ3) is 7.35. The SMILES string of the molecule is C=CC(=O)Nc1cc(Nc2ncc(C(=O)OCC)c(-c3cn(C)c4ccccc34)n2)c(OC)cc1N(C)C.CN1CCCC1. The van der Waals surface area contributed by atoms with E-state index in [0.717, 1.165) is 22.2 Å². The molecule has 0 bridgehead atoms. The second-order valence-corrected chi connectivity index (χ2v) is 10.6. The van der Waals surface area contributed by atoms with Gasteiger partial charge in [-0.1, -0.05) is 24.8 Å². The monoisotopic (exact) mass is 599 g/mol. The standard InChI is InChI=1S/C28H30N6O4.C5H11N/c1-7-25(35)30-20-13-21(24(37-6)14-23(20)33(3)4)31-28-29-15-18(27(36)38-8-2)26(32-28)19-16-34(5)22-12-10-9-11-17(19)22;1-6-4-2-3-5-6/h7,9-16H,1,8H2,2-6H3,(H,30,35)(H,29,31,32);2-5H2,1H3. The number of para-hydroxylation sites is 1. The van der Waals surface area contributed by atoms with E-state index < -0.39 is 5.97 Å². The van der Waals surface area contributed by atoms with Gasteiger partial charge in [0.2, 0.25) is 11.9 Å². The first-order valence-corrected chi connectivity index (χ1v) is 14.5. The largest absolute Gasteiger partial charge is 0.494 e. The number of aromatic nitrogens is 3. The quantitative estimate of drug-likeness (QED) is 0.191. The van der Waals surface area contributed by atoms with Crippen LogP contribution in [0.25, 0.3) is 22.2 Å². The molecule has 232 valence electrons. The molecule has 1 aliphatic heterocycles. The number of carbonyl (C=O) groups is 2. The van der Waals surface area contributed by atoms with E-state index in [-0.39, 0.29) is 24.0 Å². The topological polar surface area (TPSA) is 114 Å². The van der Waals surface area contributed by atoms with Gasteiger partial charge in [0.25, 0.3) is 0 Å². The lowest BCUT2D eigenvalue weighted by Gasteiger charge is -2.21. The number of methoxy groups -OCH3 is 1. The smallest absolute Gasteiger partial charge is 0.341 e. The van der Waals surface area contributed by atoms with Gasteiger partial charge in [-0.3, -0.25) is 4.79 Å². The van der Waals surface area contributed by atoms with E-state index in [4.69, 9.17) is 14.5 Å². The summed E-state index contributed by atoms with van der Waals surface area (Å²) in [5.41, 5.74) is 4.24. The number of hydrogen-bond acceptors (Lipinski definition) is 9. The van der Waals surface area contributed by atoms with E-state index in [9.17, 15) is 9.59 Å². The number of likely N-dealkylation sites (tertiary alicyclic amines) is 1. The van der Waals surface area contributed by atoms with Gasteiger partial charge in [-0.2, -0.15) is 0 Å². The van der Waals surface area contributed by atoms with Crippen molar-refractivity contribution in [1.82, 2.24) is 19.4 Å². The Hall–Kier alpha value is -4.90. The van der Waals surface area contributed by atoms with Gasteiger partial charge in [0.05, 0.1) is 36.5 Å². The Morgan fingerprint density at radius 2 is 1.84 bits per heavy atom. The van der Waals surface area contributed by atoms with Crippen molar-refractivity contribution >= 4 is 45.8 Å². The number of carbonyl (C=O) groups excluding carboxylic acids is 2. The summed E-state index contributed by atoms with van der Waals surface area (Å²) in [6.45, 7) is 8.14. The van der Waals surface area contributed by atoms with Crippen LogP contribution in [0.3, 0.4) is 0 Å². The second-order valence-electron chi connectivity index (χ2n) is 10.6. The summed E-state index contributed by atoms with van der Waals surface area (Å²) in [7, 11) is 9.38. The molecule has 4 aromatic rings. The van der Waals surface area contributed by atoms with Crippen LogP contribution in [0.15, 0.2) is 61.4 Å². The van der Waals surface area contributed by atoms with Gasteiger partial charge in [0.1, 0.15) is 11.3 Å². The zero-order chi connectivity index (χ0) is 31.8. The zero-order valence-electron chi connectivity index (χ0n) is 26.3. The van der Waals surface area contributed by atoms with Crippen molar-refractivity contribution in [2.24, 2.45) is 7.05 Å². The van der Waals surface area contributed by atoms with E-state index >= 15 is 0 Å². The van der Waals surface area contributed by atoms with Crippen molar-refractivity contribution in [1.29, 1.82) is 0 Å². The highest BCUT2D eigenvalue weighted by Crippen LogP contribution is 2.38. The number of hydrogen-bond donors (Lipinski definition) is 2. The van der Waals surface area contributed by atoms with Crippen LogP contribution in [0.2, 0.25) is 0 Å². The first-order valence-electron chi connectivity index (χ1n) is 14.5. The molecule has 11 heteroatoms. The van der Waals surface area contributed by atoms with Crippen molar-refractivity contribution in [2.75, 3.05) is 63.5 Å². The van der Waals surface area contributed by atoms with E-state index in [1.807, 2.05) is 61.1 Å². The predicted molar refractivity (Wildman–Crippen MR) is 176 cm³/mol. The molecule has 0 saturated carbocycles. The van der Waals surface area contributed by atoms with Crippen molar-refractivity contribution in [3.8, 4) is 17.0 Å². The molecule has 5 rings (SSSR count). The minimum absolute atomic E-state index is 0.225. The molecule has 11 nitrogen and oxygen atoms in total. The van der Waals surface area contributed by atoms with E-state index in [1.54, 1.807) is 26.2 Å². The maximum Gasteiger partial charge on any atom is 0.341 e. The van der Waals surface area contributed by atoms with Gasteiger partial charge in [-0.25, -0.2) is 14.8 Å². The number of ether oxygens (including phenoxy) is 2. The molecular formula is C33H41N7O4. The van der Waals surface area contributed by atoms with E-state index in [1.165, 1.54) is 38.2 Å². The lowest BCUT2D eigenvalue weighted by molar-refractivity contribution is -0.111. The Balaban J connectivity index is 0.000000657. The van der Waals surface area contributed by atoms with Crippen LogP contribution in [0.5, 0.6) is 5.75 Å². The molecule has 3 heterocycles. The summed E-state index contributed by atoms with van der Waals surface area (Å²) in [6, 6.07) is 11.4. The summed E-state index contributed by atoms with van der Waals surface area (Å²) in [5, 5.41) is 6.94. The minimum Gasteiger partial charge on any atom is -0.494 e. The summed E-state index contributed by atoms with van der Waals surface area (Å²) < 4.78 is 12.9. The molecule has 1 aliphatic rings. The van der Waals surface area contributed by atoms with Crippen molar-refractivity contribution in [3.05, 3.63) is 67.0 Å². The molecule has 2 aromatic heterocycles. The fraction of sp³-hybridized carbons (Fsp3) is 0.333. The van der Waals surface area contributed by atoms with Crippen molar-refractivity contribution < 1.29 is 19.1 Å².